The van der Waals surface area contributed by atoms with Gasteiger partial charge in [-0.05, 0) is 60.9 Å². The summed E-state index contributed by atoms with van der Waals surface area (Å²) < 4.78 is 17.1. The van der Waals surface area contributed by atoms with Crippen molar-refractivity contribution in [1.29, 1.82) is 0 Å². The molecule has 0 radical (unpaired) electrons. The van der Waals surface area contributed by atoms with Crippen LogP contribution in [0.4, 0.5) is 0 Å². The van der Waals surface area contributed by atoms with Gasteiger partial charge < -0.3 is 19.1 Å². The average Bonchev–Trinajstić information content (AvgIpc) is 3.35. The number of methoxy groups -OCH3 is 1. The summed E-state index contributed by atoms with van der Waals surface area (Å²) in [4.78, 5) is 15.8. The molecule has 5 nitrogen and oxygen atoms in total. The first kappa shape index (κ1) is 22.4. The first-order valence-corrected chi connectivity index (χ1v) is 11.6. The molecule has 2 atom stereocenters. The minimum atomic E-state index is -0.0848. The molecule has 1 saturated heterocycles. The predicted molar refractivity (Wildman–Crippen MR) is 125 cm³/mol. The smallest absolute Gasteiger partial charge is 0.230 e. The molecule has 170 valence electrons. The summed E-state index contributed by atoms with van der Waals surface area (Å²) in [5.74, 6) is 1.45. The number of carbonyl (C=O) groups excluding carboxylic acids is 1. The van der Waals surface area contributed by atoms with Crippen LogP contribution in [0.25, 0.3) is 0 Å². The van der Waals surface area contributed by atoms with E-state index < -0.39 is 0 Å². The van der Waals surface area contributed by atoms with Crippen molar-refractivity contribution in [2.75, 3.05) is 26.9 Å². The Morgan fingerprint density at radius 2 is 2.06 bits per heavy atom. The number of benzene rings is 2. The predicted octanol–water partition coefficient (Wildman–Crippen LogP) is 4.89. The van der Waals surface area contributed by atoms with Crippen molar-refractivity contribution in [3.05, 3.63) is 71.8 Å². The van der Waals surface area contributed by atoms with Crippen LogP contribution in [-0.2, 0) is 22.5 Å². The zero-order valence-corrected chi connectivity index (χ0v) is 18.9. The van der Waals surface area contributed by atoms with E-state index >= 15 is 0 Å². The summed E-state index contributed by atoms with van der Waals surface area (Å²) in [6.07, 6.45) is 6.87. The van der Waals surface area contributed by atoms with E-state index in [9.17, 15) is 4.79 Å². The van der Waals surface area contributed by atoms with E-state index in [0.717, 1.165) is 44.3 Å². The average molecular weight is 436 g/mol. The summed E-state index contributed by atoms with van der Waals surface area (Å²) in [7, 11) is 1.63. The highest BCUT2D eigenvalue weighted by Gasteiger charge is 2.32. The van der Waals surface area contributed by atoms with Gasteiger partial charge in [0.1, 0.15) is 6.61 Å². The van der Waals surface area contributed by atoms with Gasteiger partial charge in [-0.15, -0.1) is 0 Å². The maximum absolute atomic E-state index is 13.8. The Kier molecular flexibility index (Phi) is 7.48. The van der Waals surface area contributed by atoms with Gasteiger partial charge in [0.2, 0.25) is 5.91 Å². The summed E-state index contributed by atoms with van der Waals surface area (Å²) >= 11 is 0. The fraction of sp³-hybridized carbons (Fsp3) is 0.444. The van der Waals surface area contributed by atoms with Crippen molar-refractivity contribution in [1.82, 2.24) is 4.90 Å². The lowest BCUT2D eigenvalue weighted by molar-refractivity contribution is -0.135. The van der Waals surface area contributed by atoms with Gasteiger partial charge in [-0.3, -0.25) is 4.79 Å². The van der Waals surface area contributed by atoms with Gasteiger partial charge in [0.25, 0.3) is 0 Å². The lowest BCUT2D eigenvalue weighted by Crippen LogP contribution is -2.40. The number of nitrogens with zero attached hydrogens (tertiary/aromatic N) is 1. The van der Waals surface area contributed by atoms with Crippen molar-refractivity contribution in [3.63, 3.8) is 0 Å². The van der Waals surface area contributed by atoms with E-state index in [1.807, 2.05) is 29.2 Å². The van der Waals surface area contributed by atoms with Crippen molar-refractivity contribution >= 4 is 5.91 Å². The van der Waals surface area contributed by atoms with Crippen LogP contribution < -0.4 is 9.47 Å². The number of rotatable bonds is 9. The third-order valence-electron chi connectivity index (χ3n) is 6.39. The maximum Gasteiger partial charge on any atom is 0.230 e. The van der Waals surface area contributed by atoms with Gasteiger partial charge in [0.15, 0.2) is 11.5 Å². The first-order chi connectivity index (χ1) is 15.7. The molecule has 5 heteroatoms. The van der Waals surface area contributed by atoms with Crippen LogP contribution in [0.15, 0.2) is 55.1 Å². The molecule has 1 aliphatic carbocycles. The molecule has 2 aliphatic rings. The summed E-state index contributed by atoms with van der Waals surface area (Å²) in [6.45, 7) is 6.03. The van der Waals surface area contributed by atoms with Gasteiger partial charge >= 0.3 is 0 Å². The quantitative estimate of drug-likeness (QED) is 0.527. The normalized spacial score (nSPS) is 19.8. The Balaban J connectivity index is 1.57. The summed E-state index contributed by atoms with van der Waals surface area (Å²) in [5, 5.41) is 0. The minimum absolute atomic E-state index is 0.0848. The van der Waals surface area contributed by atoms with Crippen LogP contribution in [0.3, 0.4) is 0 Å². The molecule has 2 aromatic rings. The SMILES string of the molecule is C=CCOc1ccc(CN(C[C@H]2CCCO2)C(=O)[C@@H]2CCCc3ccccc32)cc1OC. The van der Waals surface area contributed by atoms with Crippen LogP contribution in [-0.4, -0.2) is 43.8 Å². The van der Waals surface area contributed by atoms with E-state index in [4.69, 9.17) is 14.2 Å². The fourth-order valence-electron chi connectivity index (χ4n) is 4.80. The van der Waals surface area contributed by atoms with Gasteiger partial charge in [-0.25, -0.2) is 0 Å². The number of ether oxygens (including phenoxy) is 3. The molecular formula is C27H33NO4. The highest BCUT2D eigenvalue weighted by atomic mass is 16.5. The highest BCUT2D eigenvalue weighted by molar-refractivity contribution is 5.84. The molecule has 32 heavy (non-hydrogen) atoms. The van der Waals surface area contributed by atoms with Gasteiger partial charge in [-0.2, -0.15) is 0 Å². The number of carbonyl (C=O) groups is 1. The van der Waals surface area contributed by atoms with Crippen molar-refractivity contribution in [2.45, 2.75) is 50.7 Å². The third kappa shape index (κ3) is 5.16. The van der Waals surface area contributed by atoms with Crippen LogP contribution in [0.5, 0.6) is 11.5 Å². The van der Waals surface area contributed by atoms with E-state index in [1.54, 1.807) is 13.2 Å². The second kappa shape index (κ2) is 10.7. The van der Waals surface area contributed by atoms with Crippen LogP contribution >= 0.6 is 0 Å². The number of hydrogen-bond donors (Lipinski definition) is 0. The zero-order chi connectivity index (χ0) is 22.3. The van der Waals surface area contributed by atoms with E-state index in [0.29, 0.717) is 31.2 Å². The molecule has 0 unspecified atom stereocenters. The molecule has 4 rings (SSSR count). The largest absolute Gasteiger partial charge is 0.493 e. The second-order valence-corrected chi connectivity index (χ2v) is 8.58. The summed E-state index contributed by atoms with van der Waals surface area (Å²) in [6, 6.07) is 14.3. The Bertz CT molecular complexity index is 935. The van der Waals surface area contributed by atoms with E-state index in [1.165, 1.54) is 11.1 Å². The monoisotopic (exact) mass is 435 g/mol. The number of amides is 1. The van der Waals surface area contributed by atoms with Crippen molar-refractivity contribution in [3.8, 4) is 11.5 Å². The van der Waals surface area contributed by atoms with Gasteiger partial charge in [0, 0.05) is 19.7 Å². The lowest BCUT2D eigenvalue weighted by Gasteiger charge is -2.32. The molecular weight excluding hydrogens is 402 g/mol. The van der Waals surface area contributed by atoms with Crippen molar-refractivity contribution in [2.24, 2.45) is 0 Å². The Labute approximate surface area is 191 Å². The van der Waals surface area contributed by atoms with E-state index in [-0.39, 0.29) is 17.9 Å². The number of aryl methyl sites for hydroxylation is 1. The number of hydrogen-bond acceptors (Lipinski definition) is 4. The number of fused-ring (bicyclic) bond motifs is 1. The van der Waals surface area contributed by atoms with Crippen LogP contribution in [0.2, 0.25) is 0 Å². The summed E-state index contributed by atoms with van der Waals surface area (Å²) in [5.41, 5.74) is 3.51. The fourth-order valence-corrected chi connectivity index (χ4v) is 4.80. The van der Waals surface area contributed by atoms with E-state index in [2.05, 4.69) is 24.8 Å². The molecule has 0 aromatic heterocycles. The lowest BCUT2D eigenvalue weighted by atomic mass is 9.82. The minimum Gasteiger partial charge on any atom is -0.493 e. The Morgan fingerprint density at radius 3 is 2.84 bits per heavy atom. The molecule has 1 amide bonds. The molecule has 1 heterocycles. The standard InChI is InChI=1S/C27H33NO4/c1-3-15-32-25-14-13-20(17-26(25)30-2)18-28(19-22-10-7-16-31-22)27(29)24-12-6-9-21-8-4-5-11-23(21)24/h3-5,8,11,13-14,17,22,24H,1,6-7,9-10,12,15-16,18-19H2,2H3/t22-,24-/m1/s1. The van der Waals surface area contributed by atoms with Crippen LogP contribution in [0, 0.1) is 0 Å². The van der Waals surface area contributed by atoms with Crippen LogP contribution in [0.1, 0.15) is 48.3 Å². The first-order valence-electron chi connectivity index (χ1n) is 11.6. The topological polar surface area (TPSA) is 48.0 Å². The Hall–Kier alpha value is -2.79. The zero-order valence-electron chi connectivity index (χ0n) is 18.9. The molecule has 0 bridgehead atoms. The van der Waals surface area contributed by atoms with Gasteiger partial charge in [0.05, 0.1) is 19.1 Å². The highest BCUT2D eigenvalue weighted by Crippen LogP contribution is 2.34. The molecule has 1 fully saturated rings. The molecule has 2 aromatic carbocycles. The molecule has 0 spiro atoms. The maximum atomic E-state index is 13.8. The third-order valence-corrected chi connectivity index (χ3v) is 6.39. The second-order valence-electron chi connectivity index (χ2n) is 8.58. The van der Waals surface area contributed by atoms with Crippen molar-refractivity contribution < 1.29 is 19.0 Å². The molecule has 1 aliphatic heterocycles. The molecule has 0 saturated carbocycles. The van der Waals surface area contributed by atoms with Gasteiger partial charge in [-0.1, -0.05) is 43.0 Å². The molecule has 0 N–H and O–H groups in total. The Morgan fingerprint density at radius 1 is 1.19 bits per heavy atom.